The number of furan rings is 1. The molecule has 0 radical (unpaired) electrons. The lowest BCUT2D eigenvalue weighted by Crippen LogP contribution is -1.95. The van der Waals surface area contributed by atoms with Crippen LogP contribution in [0.2, 0.25) is 0 Å². The van der Waals surface area contributed by atoms with Crippen LogP contribution < -0.4 is 0 Å². The molecule has 1 nitrogen and oxygen atoms in total. The molecule has 38 heavy (non-hydrogen) atoms. The first-order chi connectivity index (χ1) is 25.1. The van der Waals surface area contributed by atoms with Crippen LogP contribution in [0.25, 0.3) is 65.4 Å². The van der Waals surface area contributed by atoms with Gasteiger partial charge in [-0.15, -0.1) is 0 Å². The fourth-order valence-corrected chi connectivity index (χ4v) is 5.13. The Morgan fingerprint density at radius 1 is 0.553 bits per heavy atom. The molecule has 8 rings (SSSR count). The SMILES string of the molecule is [2H]c1c([2H])c([2H])c2c([2H])c(Cc3c4c([2H])c([2H])c([2H])c([2H])c4c(-c4ccc5c(c4)oc4ccccc45)c4c([2H])c([2H])c([2H])c([2H])c34)c([2H])c([2H])c2c1[2H]. The quantitative estimate of drug-likeness (QED) is 0.220. The Bertz CT molecular complexity index is 2900. The third-order valence-corrected chi connectivity index (χ3v) is 6.80. The normalized spacial score (nSPS) is 17.3. The highest BCUT2D eigenvalue weighted by molar-refractivity contribution is 6.16. The van der Waals surface area contributed by atoms with Crippen LogP contribution in [-0.2, 0) is 6.42 Å². The van der Waals surface area contributed by atoms with Gasteiger partial charge in [-0.25, -0.2) is 0 Å². The van der Waals surface area contributed by atoms with E-state index in [1.54, 1.807) is 24.3 Å². The minimum absolute atomic E-state index is 0.0656. The van der Waals surface area contributed by atoms with Crippen LogP contribution in [0.5, 0.6) is 0 Å². The predicted octanol–water partition coefficient (Wildman–Crippen LogP) is 10.3. The lowest BCUT2D eigenvalue weighted by molar-refractivity contribution is 0.669. The second kappa shape index (κ2) is 8.33. The molecule has 0 aliphatic carbocycles. The largest absolute Gasteiger partial charge is 0.456 e. The van der Waals surface area contributed by atoms with Gasteiger partial charge in [0.2, 0.25) is 0 Å². The molecule has 0 saturated heterocycles. The summed E-state index contributed by atoms with van der Waals surface area (Å²) in [6, 6.07) is 3.76. The van der Waals surface area contributed by atoms with Crippen molar-refractivity contribution < 1.29 is 25.0 Å². The maximum atomic E-state index is 9.17. The summed E-state index contributed by atoms with van der Waals surface area (Å²) in [5.74, 6) is 0. The van der Waals surface area contributed by atoms with E-state index >= 15 is 0 Å². The molecule has 0 atom stereocenters. The molecule has 0 bridgehead atoms. The number of rotatable bonds is 3. The van der Waals surface area contributed by atoms with Crippen molar-refractivity contribution in [1.29, 1.82) is 0 Å². The zero-order valence-electron chi connectivity index (χ0n) is 34.7. The van der Waals surface area contributed by atoms with Crippen LogP contribution in [0.4, 0.5) is 0 Å². The number of para-hydroxylation sites is 1. The van der Waals surface area contributed by atoms with Crippen molar-refractivity contribution in [1.82, 2.24) is 0 Å². The molecule has 178 valence electrons. The van der Waals surface area contributed by atoms with Gasteiger partial charge in [-0.05, 0) is 79.2 Å². The Hall–Kier alpha value is -4.88. The molecule has 0 fully saturated rings. The smallest absolute Gasteiger partial charge is 0.136 e. The van der Waals surface area contributed by atoms with Crippen molar-refractivity contribution >= 4 is 54.3 Å². The number of hydrogen-bond donors (Lipinski definition) is 0. The first-order valence-corrected chi connectivity index (χ1v) is 11.9. The van der Waals surface area contributed by atoms with E-state index < -0.39 is 97.1 Å². The van der Waals surface area contributed by atoms with Crippen molar-refractivity contribution in [3.05, 3.63) is 144 Å². The van der Waals surface area contributed by atoms with Gasteiger partial charge in [0.25, 0.3) is 0 Å². The summed E-state index contributed by atoms with van der Waals surface area (Å²) in [6.45, 7) is 0. The molecule has 8 aromatic rings. The van der Waals surface area contributed by atoms with E-state index in [-0.39, 0.29) is 49.0 Å². The van der Waals surface area contributed by atoms with E-state index in [4.69, 9.17) is 25.0 Å². The zero-order valence-corrected chi connectivity index (χ0v) is 19.7. The molecule has 0 aliphatic heterocycles. The topological polar surface area (TPSA) is 13.1 Å². The molecule has 7 aromatic carbocycles. The van der Waals surface area contributed by atoms with Gasteiger partial charge in [-0.1, -0.05) is 115 Å². The fraction of sp³-hybridized carbons (Fsp3) is 0.0270. The second-order valence-corrected chi connectivity index (χ2v) is 8.94. The van der Waals surface area contributed by atoms with E-state index in [1.165, 1.54) is 0 Å². The Labute approximate surface area is 241 Å². The zero-order chi connectivity index (χ0) is 38.1. The maximum Gasteiger partial charge on any atom is 0.136 e. The van der Waals surface area contributed by atoms with Gasteiger partial charge in [0.15, 0.2) is 0 Å². The minimum Gasteiger partial charge on any atom is -0.456 e. The number of hydrogen-bond acceptors (Lipinski definition) is 1. The summed E-state index contributed by atoms with van der Waals surface area (Å²) < 4.78 is 137. The molecule has 1 heterocycles. The molecule has 0 unspecified atom stereocenters. The van der Waals surface area contributed by atoms with Crippen molar-refractivity contribution in [3.8, 4) is 11.1 Å². The summed E-state index contributed by atoms with van der Waals surface area (Å²) in [6.07, 6.45) is -0.553. The van der Waals surface area contributed by atoms with Gasteiger partial charge in [-0.2, -0.15) is 0 Å². The first-order valence-electron chi connectivity index (χ1n) is 19.4. The number of fused-ring (bicyclic) bond motifs is 6. The molecule has 0 aliphatic rings. The molecular formula is C37H24O. The summed E-state index contributed by atoms with van der Waals surface area (Å²) in [4.78, 5) is 0. The van der Waals surface area contributed by atoms with Crippen molar-refractivity contribution in [3.63, 3.8) is 0 Å². The first kappa shape index (κ1) is 11.2. The number of benzene rings is 7. The van der Waals surface area contributed by atoms with Gasteiger partial charge in [0.1, 0.15) is 11.2 Å². The maximum absolute atomic E-state index is 9.17. The predicted molar refractivity (Wildman–Crippen MR) is 161 cm³/mol. The Balaban J connectivity index is 1.58. The van der Waals surface area contributed by atoms with Gasteiger partial charge >= 0.3 is 0 Å². The highest BCUT2D eigenvalue weighted by Gasteiger charge is 2.17. The Morgan fingerprint density at radius 3 is 2.00 bits per heavy atom. The van der Waals surface area contributed by atoms with Gasteiger partial charge in [-0.3, -0.25) is 0 Å². The molecule has 0 amide bonds. The van der Waals surface area contributed by atoms with E-state index in [2.05, 4.69) is 0 Å². The molecular weight excluding hydrogens is 460 g/mol. The van der Waals surface area contributed by atoms with Gasteiger partial charge < -0.3 is 4.42 Å². The van der Waals surface area contributed by atoms with Crippen LogP contribution in [-0.4, -0.2) is 0 Å². The fourth-order valence-electron chi connectivity index (χ4n) is 5.13. The molecule has 0 spiro atoms. The molecule has 1 heteroatoms. The van der Waals surface area contributed by atoms with Crippen LogP contribution in [0.1, 0.15) is 31.7 Å². The van der Waals surface area contributed by atoms with E-state index in [9.17, 15) is 0 Å². The average molecular weight is 500 g/mol. The van der Waals surface area contributed by atoms with Crippen LogP contribution >= 0.6 is 0 Å². The minimum atomic E-state index is -0.649. The van der Waals surface area contributed by atoms with E-state index in [0.29, 0.717) is 16.7 Å². The standard InChI is InChI=1S/C37H24O/c1-2-10-26-21-24(17-18-25(26)9-1)22-34-28-11-3-5-14-32(28)37(33-15-6-4-12-29(33)34)27-19-20-31-30-13-7-8-16-35(30)38-36(31)23-27/h1-21,23H,22H2/i1D,2D,3D,4D,5D,6D,9D,10D,11D,12D,14D,15D,17D,18D,21D. The monoisotopic (exact) mass is 499 g/mol. The Kier molecular flexibility index (Phi) is 2.46. The van der Waals surface area contributed by atoms with E-state index in [1.807, 2.05) is 18.2 Å². The van der Waals surface area contributed by atoms with Crippen LogP contribution in [0.3, 0.4) is 0 Å². The van der Waals surface area contributed by atoms with E-state index in [0.717, 1.165) is 10.8 Å². The van der Waals surface area contributed by atoms with Gasteiger partial charge in [0.05, 0.1) is 20.6 Å². The molecule has 0 saturated carbocycles. The summed E-state index contributed by atoms with van der Waals surface area (Å²) >= 11 is 0. The third kappa shape index (κ3) is 3.26. The molecule has 1 aromatic heterocycles. The summed E-state index contributed by atoms with van der Waals surface area (Å²) in [7, 11) is 0. The molecule has 0 N–H and O–H groups in total. The van der Waals surface area contributed by atoms with Crippen LogP contribution in [0.15, 0.2) is 138 Å². The lowest BCUT2D eigenvalue weighted by atomic mass is 9.86. The highest BCUT2D eigenvalue weighted by Crippen LogP contribution is 2.42. The summed E-state index contributed by atoms with van der Waals surface area (Å²) in [5, 5.41) is 0.517. The van der Waals surface area contributed by atoms with Crippen molar-refractivity contribution in [2.24, 2.45) is 0 Å². The second-order valence-electron chi connectivity index (χ2n) is 8.94. The lowest BCUT2D eigenvalue weighted by Gasteiger charge is -2.17. The van der Waals surface area contributed by atoms with Crippen molar-refractivity contribution in [2.75, 3.05) is 0 Å². The highest BCUT2D eigenvalue weighted by atomic mass is 16.3. The van der Waals surface area contributed by atoms with Gasteiger partial charge in [0, 0.05) is 10.8 Å². The van der Waals surface area contributed by atoms with Crippen molar-refractivity contribution in [2.45, 2.75) is 6.42 Å². The average Bonchev–Trinajstić information content (AvgIpc) is 3.52. The van der Waals surface area contributed by atoms with Crippen LogP contribution in [0, 0.1) is 0 Å². The summed E-state index contributed by atoms with van der Waals surface area (Å²) in [5.41, 5.74) is 1.16. The Morgan fingerprint density at radius 2 is 1.21 bits per heavy atom. The third-order valence-electron chi connectivity index (χ3n) is 6.80.